The molecular weight excluding hydrogens is 264 g/mol. The van der Waals surface area contributed by atoms with Gasteiger partial charge >= 0.3 is 0 Å². The van der Waals surface area contributed by atoms with Crippen molar-refractivity contribution in [2.45, 2.75) is 39.8 Å². The predicted octanol–water partition coefficient (Wildman–Crippen LogP) is 3.30. The highest BCUT2D eigenvalue weighted by molar-refractivity contribution is 5.94. The smallest absolute Gasteiger partial charge is 0.268 e. The Kier molecular flexibility index (Phi) is 4.46. The second-order valence-electron chi connectivity index (χ2n) is 6.59. The van der Waals surface area contributed by atoms with E-state index < -0.39 is 0 Å². The lowest BCUT2D eigenvalue weighted by molar-refractivity contribution is -0.123. The zero-order valence-corrected chi connectivity index (χ0v) is 12.8. The summed E-state index contributed by atoms with van der Waals surface area (Å²) in [5.74, 6) is -0.197. The van der Waals surface area contributed by atoms with E-state index in [9.17, 15) is 9.90 Å². The van der Waals surface area contributed by atoms with E-state index in [-0.39, 0.29) is 23.1 Å². The number of carbonyl (C=O) groups is 1. The fourth-order valence-electron chi connectivity index (χ4n) is 2.39. The first-order valence-corrected chi connectivity index (χ1v) is 7.13. The van der Waals surface area contributed by atoms with Gasteiger partial charge < -0.3 is 10.0 Å². The van der Waals surface area contributed by atoms with Crippen LogP contribution < -0.4 is 0 Å². The minimum Gasteiger partial charge on any atom is -0.505 e. The molecule has 1 aliphatic heterocycles. The molecule has 0 bridgehead atoms. The summed E-state index contributed by atoms with van der Waals surface area (Å²) in [5, 5.41) is 9.79. The second-order valence-corrected chi connectivity index (χ2v) is 6.59. The van der Waals surface area contributed by atoms with E-state index in [1.165, 1.54) is 6.21 Å². The van der Waals surface area contributed by atoms with Gasteiger partial charge in [-0.2, -0.15) is 0 Å². The van der Waals surface area contributed by atoms with Crippen molar-refractivity contribution in [1.82, 2.24) is 4.90 Å². The molecule has 0 radical (unpaired) electrons. The predicted molar refractivity (Wildman–Crippen MR) is 84.1 cm³/mol. The topological polar surface area (TPSA) is 52.9 Å². The molecule has 112 valence electrons. The average molecular weight is 286 g/mol. The molecule has 0 unspecified atom stereocenters. The Hall–Kier alpha value is -2.10. The van der Waals surface area contributed by atoms with Gasteiger partial charge in [0, 0.05) is 12.7 Å². The van der Waals surface area contributed by atoms with E-state index in [4.69, 9.17) is 0 Å². The maximum atomic E-state index is 12.3. The van der Waals surface area contributed by atoms with Crippen LogP contribution in [0.4, 0.5) is 0 Å². The lowest BCUT2D eigenvalue weighted by Gasteiger charge is -2.32. The van der Waals surface area contributed by atoms with Gasteiger partial charge in [0.05, 0.1) is 6.21 Å². The fraction of sp³-hybridized carbons (Fsp3) is 0.412. The summed E-state index contributed by atoms with van der Waals surface area (Å²) in [6.45, 7) is 6.86. The first-order valence-electron chi connectivity index (χ1n) is 7.13. The van der Waals surface area contributed by atoms with Crippen molar-refractivity contribution in [1.29, 1.82) is 0 Å². The van der Waals surface area contributed by atoms with Crippen molar-refractivity contribution in [3.63, 3.8) is 0 Å². The first-order chi connectivity index (χ1) is 9.85. The normalized spacial score (nSPS) is 19.4. The van der Waals surface area contributed by atoms with Gasteiger partial charge in [0.1, 0.15) is 11.8 Å². The Labute approximate surface area is 125 Å². The van der Waals surface area contributed by atoms with Crippen molar-refractivity contribution in [3.8, 4) is 0 Å². The SMILES string of the molecule is CC(C)(C)C[C@@H]1C(=O)N=CC(O)=CN1Cc1ccccc1. The van der Waals surface area contributed by atoms with Crippen LogP contribution in [0.1, 0.15) is 32.8 Å². The number of carbonyl (C=O) groups excluding carboxylic acids is 1. The number of rotatable bonds is 3. The van der Waals surface area contributed by atoms with Crippen LogP contribution in [-0.4, -0.2) is 28.2 Å². The third-order valence-electron chi connectivity index (χ3n) is 3.32. The highest BCUT2D eigenvalue weighted by Gasteiger charge is 2.30. The molecule has 0 saturated heterocycles. The first kappa shape index (κ1) is 15.3. The van der Waals surface area contributed by atoms with Gasteiger partial charge in [0.2, 0.25) is 0 Å². The quantitative estimate of drug-likeness (QED) is 0.927. The molecule has 1 aromatic carbocycles. The lowest BCUT2D eigenvalue weighted by atomic mass is 9.87. The molecule has 0 spiro atoms. The zero-order chi connectivity index (χ0) is 15.5. The van der Waals surface area contributed by atoms with Crippen molar-refractivity contribution in [2.75, 3.05) is 0 Å². The van der Waals surface area contributed by atoms with E-state index in [0.29, 0.717) is 13.0 Å². The molecule has 1 aromatic rings. The van der Waals surface area contributed by atoms with Crippen LogP contribution >= 0.6 is 0 Å². The largest absolute Gasteiger partial charge is 0.505 e. The highest BCUT2D eigenvalue weighted by Crippen LogP contribution is 2.26. The molecule has 1 amide bonds. The Morgan fingerprint density at radius 3 is 2.52 bits per heavy atom. The highest BCUT2D eigenvalue weighted by atomic mass is 16.3. The molecule has 4 nitrogen and oxygen atoms in total. The number of aliphatic hydroxyl groups is 1. The number of hydrogen-bond acceptors (Lipinski definition) is 3. The van der Waals surface area contributed by atoms with Crippen LogP contribution in [0.25, 0.3) is 0 Å². The summed E-state index contributed by atoms with van der Waals surface area (Å²) in [4.78, 5) is 18.0. The van der Waals surface area contributed by atoms with Gasteiger partial charge in [-0.3, -0.25) is 4.79 Å². The van der Waals surface area contributed by atoms with Gasteiger partial charge in [0.25, 0.3) is 5.91 Å². The Balaban J connectivity index is 2.27. The van der Waals surface area contributed by atoms with Crippen LogP contribution in [0.15, 0.2) is 47.3 Å². The third-order valence-corrected chi connectivity index (χ3v) is 3.32. The Bertz CT molecular complexity index is 556. The summed E-state index contributed by atoms with van der Waals surface area (Å²) in [6.07, 6.45) is 3.51. The summed E-state index contributed by atoms with van der Waals surface area (Å²) in [7, 11) is 0. The van der Waals surface area contributed by atoms with E-state index in [1.54, 1.807) is 6.20 Å². The van der Waals surface area contributed by atoms with Gasteiger partial charge in [0.15, 0.2) is 0 Å². The number of aliphatic hydroxyl groups excluding tert-OH is 1. The van der Waals surface area contributed by atoms with Crippen LogP contribution in [0, 0.1) is 5.41 Å². The maximum absolute atomic E-state index is 12.3. The molecule has 0 fully saturated rings. The summed E-state index contributed by atoms with van der Waals surface area (Å²) < 4.78 is 0. The van der Waals surface area contributed by atoms with Crippen molar-refractivity contribution in [3.05, 3.63) is 47.9 Å². The van der Waals surface area contributed by atoms with Gasteiger partial charge in [-0.25, -0.2) is 4.99 Å². The summed E-state index contributed by atoms with van der Waals surface area (Å²) in [5.41, 5.74) is 1.09. The second kappa shape index (κ2) is 6.12. The molecule has 21 heavy (non-hydrogen) atoms. The monoisotopic (exact) mass is 286 g/mol. The maximum Gasteiger partial charge on any atom is 0.268 e. The molecule has 1 aliphatic rings. The minimum absolute atomic E-state index is 0.00141. The number of nitrogens with zero attached hydrogens (tertiary/aromatic N) is 2. The molecule has 1 N–H and O–H groups in total. The number of benzene rings is 1. The van der Waals surface area contributed by atoms with Gasteiger partial charge in [-0.05, 0) is 17.4 Å². The molecular formula is C17H22N2O2. The third kappa shape index (κ3) is 4.45. The molecule has 1 atom stereocenters. The average Bonchev–Trinajstić information content (AvgIpc) is 2.52. The van der Waals surface area contributed by atoms with E-state index >= 15 is 0 Å². The Morgan fingerprint density at radius 1 is 1.24 bits per heavy atom. The van der Waals surface area contributed by atoms with E-state index in [0.717, 1.165) is 5.56 Å². The zero-order valence-electron chi connectivity index (χ0n) is 12.8. The summed E-state index contributed by atoms with van der Waals surface area (Å²) >= 11 is 0. The van der Waals surface area contributed by atoms with Crippen LogP contribution in [0.3, 0.4) is 0 Å². The lowest BCUT2D eigenvalue weighted by Crippen LogP contribution is -2.39. The van der Waals surface area contributed by atoms with Crippen LogP contribution in [0.5, 0.6) is 0 Å². The number of aliphatic imine (C=N–C) groups is 1. The van der Waals surface area contributed by atoms with Crippen LogP contribution in [-0.2, 0) is 11.3 Å². The molecule has 4 heteroatoms. The molecule has 0 saturated carbocycles. The molecule has 1 heterocycles. The number of allylic oxidation sites excluding steroid dienone is 1. The van der Waals surface area contributed by atoms with Crippen LogP contribution in [0.2, 0.25) is 0 Å². The standard InChI is InChI=1S/C17H22N2O2/c1-17(2,3)9-15-16(21)18-10-14(20)12-19(15)11-13-7-5-4-6-8-13/h4-8,10,12,15,20H,9,11H2,1-3H3/t15-/m1/s1. The fourth-order valence-corrected chi connectivity index (χ4v) is 2.39. The van der Waals surface area contributed by atoms with Gasteiger partial charge in [-0.1, -0.05) is 51.1 Å². The van der Waals surface area contributed by atoms with Crippen molar-refractivity contribution >= 4 is 12.1 Å². The van der Waals surface area contributed by atoms with E-state index in [2.05, 4.69) is 25.8 Å². The Morgan fingerprint density at radius 2 is 1.90 bits per heavy atom. The van der Waals surface area contributed by atoms with E-state index in [1.807, 2.05) is 35.2 Å². The minimum atomic E-state index is -0.355. The number of amides is 1. The van der Waals surface area contributed by atoms with Crippen molar-refractivity contribution < 1.29 is 9.90 Å². The molecule has 0 aromatic heterocycles. The summed E-state index contributed by atoms with van der Waals surface area (Å²) in [6, 6.07) is 9.55. The van der Waals surface area contributed by atoms with Crippen molar-refractivity contribution in [2.24, 2.45) is 10.4 Å². The molecule has 0 aliphatic carbocycles. The number of hydrogen-bond donors (Lipinski definition) is 1. The van der Waals surface area contributed by atoms with Gasteiger partial charge in [-0.15, -0.1) is 0 Å². The molecule has 2 rings (SSSR count).